The van der Waals surface area contributed by atoms with Gasteiger partial charge in [-0.1, -0.05) is 37.6 Å². The van der Waals surface area contributed by atoms with Crippen molar-refractivity contribution in [2.75, 3.05) is 5.32 Å². The summed E-state index contributed by atoms with van der Waals surface area (Å²) in [7, 11) is 0. The fraction of sp³-hybridized carbons (Fsp3) is 0.179. The van der Waals surface area contributed by atoms with E-state index >= 15 is 0 Å². The minimum atomic E-state index is -0.439. The van der Waals surface area contributed by atoms with E-state index in [0.717, 1.165) is 34.5 Å². The minimum absolute atomic E-state index is 0.336. The maximum atomic E-state index is 13.1. The van der Waals surface area contributed by atoms with Gasteiger partial charge in [-0.15, -0.1) is 0 Å². The van der Waals surface area contributed by atoms with Gasteiger partial charge in [0.15, 0.2) is 0 Å². The molecule has 1 amide bonds. The van der Waals surface area contributed by atoms with Gasteiger partial charge in [0.2, 0.25) is 5.88 Å². The van der Waals surface area contributed by atoms with Gasteiger partial charge in [0.1, 0.15) is 5.82 Å². The Morgan fingerprint density at radius 1 is 1.03 bits per heavy atom. The molecule has 0 fully saturated rings. The summed E-state index contributed by atoms with van der Waals surface area (Å²) in [5.74, 6) is -0.818. The van der Waals surface area contributed by atoms with Crippen LogP contribution in [-0.4, -0.2) is 21.7 Å². The summed E-state index contributed by atoms with van der Waals surface area (Å²) in [6, 6.07) is 20.4. The zero-order valence-electron chi connectivity index (χ0n) is 19.8. The molecule has 0 spiro atoms. The molecule has 0 atom stereocenters. The molecule has 0 radical (unpaired) electrons. The summed E-state index contributed by atoms with van der Waals surface area (Å²) in [5.41, 5.74) is 5.16. The number of ether oxygens (including phenoxy) is 1. The third kappa shape index (κ3) is 5.46. The van der Waals surface area contributed by atoms with Crippen LogP contribution in [0, 0.1) is 12.7 Å². The van der Waals surface area contributed by atoms with Crippen LogP contribution in [0.4, 0.5) is 10.1 Å². The van der Waals surface area contributed by atoms with Gasteiger partial charge in [-0.3, -0.25) is 9.59 Å². The number of nitrogens with zero attached hydrogens (tertiary/aromatic N) is 2. The Balaban J connectivity index is 1.71. The van der Waals surface area contributed by atoms with E-state index in [2.05, 4.69) is 12.2 Å². The Hall–Kier alpha value is -4.26. The van der Waals surface area contributed by atoms with E-state index in [1.54, 1.807) is 16.8 Å². The molecule has 0 unspecified atom stereocenters. The van der Waals surface area contributed by atoms with Crippen molar-refractivity contribution in [1.29, 1.82) is 0 Å². The topological polar surface area (TPSA) is 73.2 Å². The second-order valence-corrected chi connectivity index (χ2v) is 8.26. The molecule has 1 N–H and O–H groups in total. The monoisotopic (exact) mass is 471 g/mol. The average molecular weight is 472 g/mol. The fourth-order valence-electron chi connectivity index (χ4n) is 3.84. The quantitative estimate of drug-likeness (QED) is 0.330. The lowest BCUT2D eigenvalue weighted by atomic mass is 10.0. The maximum absolute atomic E-state index is 13.1. The van der Waals surface area contributed by atoms with E-state index in [-0.39, 0.29) is 5.91 Å². The van der Waals surface area contributed by atoms with Gasteiger partial charge in [-0.05, 0) is 73.0 Å². The fourth-order valence-corrected chi connectivity index (χ4v) is 3.84. The van der Waals surface area contributed by atoms with Crippen LogP contribution in [0.15, 0.2) is 72.8 Å². The van der Waals surface area contributed by atoms with Crippen molar-refractivity contribution in [3.05, 3.63) is 95.4 Å². The number of hydrogen-bond donors (Lipinski definition) is 1. The van der Waals surface area contributed by atoms with Crippen molar-refractivity contribution in [1.82, 2.24) is 9.78 Å². The van der Waals surface area contributed by atoms with Crippen LogP contribution in [0.5, 0.6) is 5.88 Å². The highest BCUT2D eigenvalue weighted by Crippen LogP contribution is 2.37. The molecule has 7 heteroatoms. The average Bonchev–Trinajstić information content (AvgIpc) is 3.17. The normalized spacial score (nSPS) is 10.7. The number of amides is 1. The van der Waals surface area contributed by atoms with Gasteiger partial charge in [-0.25, -0.2) is 4.39 Å². The summed E-state index contributed by atoms with van der Waals surface area (Å²) in [6.07, 6.45) is 1.56. The largest absolute Gasteiger partial charge is 0.407 e. The van der Waals surface area contributed by atoms with Crippen LogP contribution in [0.1, 0.15) is 41.9 Å². The lowest BCUT2D eigenvalue weighted by molar-refractivity contribution is -0.132. The molecule has 6 nitrogen and oxygen atoms in total. The smallest absolute Gasteiger partial charge is 0.309 e. The van der Waals surface area contributed by atoms with Gasteiger partial charge in [0.25, 0.3) is 5.91 Å². The van der Waals surface area contributed by atoms with Crippen LogP contribution in [0.25, 0.3) is 16.8 Å². The number of anilines is 1. The first-order chi connectivity index (χ1) is 16.9. The van der Waals surface area contributed by atoms with Gasteiger partial charge in [0.05, 0.1) is 16.9 Å². The number of esters is 1. The van der Waals surface area contributed by atoms with Gasteiger partial charge in [0, 0.05) is 18.2 Å². The van der Waals surface area contributed by atoms with Crippen molar-refractivity contribution < 1.29 is 18.7 Å². The highest BCUT2D eigenvalue weighted by Gasteiger charge is 2.23. The van der Waals surface area contributed by atoms with Crippen molar-refractivity contribution in [3.8, 4) is 22.7 Å². The zero-order chi connectivity index (χ0) is 24.9. The first-order valence-electron chi connectivity index (χ1n) is 11.4. The molecule has 4 aromatic rings. The Morgan fingerprint density at radius 3 is 2.37 bits per heavy atom. The van der Waals surface area contributed by atoms with Crippen LogP contribution in [0.2, 0.25) is 0 Å². The third-order valence-electron chi connectivity index (χ3n) is 5.43. The third-order valence-corrected chi connectivity index (χ3v) is 5.43. The summed E-state index contributed by atoms with van der Waals surface area (Å²) in [4.78, 5) is 24.5. The molecule has 3 aromatic carbocycles. The molecule has 0 saturated carbocycles. The molecule has 1 aromatic heterocycles. The minimum Gasteiger partial charge on any atom is -0.407 e. The van der Waals surface area contributed by atoms with Gasteiger partial charge < -0.3 is 10.1 Å². The molecule has 0 aliphatic heterocycles. The standard InChI is InChI=1S/C28H26FN3O3/c1-4-6-25-26(28(35-19(3)33)32(31-25)24-8-5-7-18(2)17-24)20-11-15-23(16-12-20)30-27(34)21-9-13-22(29)14-10-21/h5,7-17H,4,6H2,1-3H3,(H,30,34). The van der Waals surface area contributed by atoms with E-state index in [0.29, 0.717) is 23.6 Å². The van der Waals surface area contributed by atoms with Gasteiger partial charge >= 0.3 is 5.97 Å². The number of carbonyl (C=O) groups is 2. The van der Waals surface area contributed by atoms with Crippen LogP contribution < -0.4 is 10.1 Å². The summed E-state index contributed by atoms with van der Waals surface area (Å²) >= 11 is 0. The first kappa shape index (κ1) is 23.9. The molecule has 4 rings (SSSR count). The number of aromatic nitrogens is 2. The lowest BCUT2D eigenvalue weighted by Crippen LogP contribution is -2.11. The van der Waals surface area contributed by atoms with Crippen molar-refractivity contribution in [2.24, 2.45) is 0 Å². The Kier molecular flexibility index (Phi) is 7.06. The number of rotatable bonds is 7. The van der Waals surface area contributed by atoms with E-state index in [9.17, 15) is 14.0 Å². The van der Waals surface area contributed by atoms with E-state index in [1.807, 2.05) is 43.3 Å². The van der Waals surface area contributed by atoms with Crippen molar-refractivity contribution in [2.45, 2.75) is 33.6 Å². The second kappa shape index (κ2) is 10.3. The molecular formula is C28H26FN3O3. The maximum Gasteiger partial charge on any atom is 0.309 e. The van der Waals surface area contributed by atoms with Crippen LogP contribution in [-0.2, 0) is 11.2 Å². The molecule has 0 aliphatic rings. The molecule has 0 aliphatic carbocycles. The van der Waals surface area contributed by atoms with E-state index < -0.39 is 11.8 Å². The Morgan fingerprint density at radius 2 is 1.74 bits per heavy atom. The molecule has 1 heterocycles. The number of aryl methyl sites for hydroxylation is 2. The lowest BCUT2D eigenvalue weighted by Gasteiger charge is -2.11. The Bertz CT molecular complexity index is 1360. The van der Waals surface area contributed by atoms with Crippen LogP contribution >= 0.6 is 0 Å². The molecule has 178 valence electrons. The number of nitrogens with one attached hydrogen (secondary N) is 1. The predicted octanol–water partition coefficient (Wildman–Crippen LogP) is 6.12. The molecule has 35 heavy (non-hydrogen) atoms. The molecular weight excluding hydrogens is 445 g/mol. The van der Waals surface area contributed by atoms with Gasteiger partial charge in [-0.2, -0.15) is 9.78 Å². The molecule has 0 saturated heterocycles. The Labute approximate surface area is 203 Å². The van der Waals surface area contributed by atoms with Crippen molar-refractivity contribution >= 4 is 17.6 Å². The molecule has 0 bridgehead atoms. The van der Waals surface area contributed by atoms with E-state index in [1.165, 1.54) is 31.2 Å². The van der Waals surface area contributed by atoms with Crippen molar-refractivity contribution in [3.63, 3.8) is 0 Å². The summed E-state index contributed by atoms with van der Waals surface area (Å²) in [5, 5.41) is 7.61. The zero-order valence-corrected chi connectivity index (χ0v) is 19.8. The number of halogens is 1. The van der Waals surface area contributed by atoms with Crippen LogP contribution in [0.3, 0.4) is 0 Å². The summed E-state index contributed by atoms with van der Waals surface area (Å²) < 4.78 is 20.5. The highest BCUT2D eigenvalue weighted by molar-refractivity contribution is 6.04. The number of carbonyl (C=O) groups excluding carboxylic acids is 2. The number of benzene rings is 3. The highest BCUT2D eigenvalue weighted by atomic mass is 19.1. The first-order valence-corrected chi connectivity index (χ1v) is 11.4. The summed E-state index contributed by atoms with van der Waals surface area (Å²) in [6.45, 7) is 5.42. The number of hydrogen-bond acceptors (Lipinski definition) is 4. The van der Waals surface area contributed by atoms with E-state index in [4.69, 9.17) is 9.84 Å². The predicted molar refractivity (Wildman–Crippen MR) is 133 cm³/mol. The second-order valence-electron chi connectivity index (χ2n) is 8.26. The SMILES string of the molecule is CCCc1nn(-c2cccc(C)c2)c(OC(C)=O)c1-c1ccc(NC(=O)c2ccc(F)cc2)cc1.